The number of aryl methyl sites for hydroxylation is 1. The minimum Gasteiger partial charge on any atom is -0.328 e. The minimum absolute atomic E-state index is 0. The number of benzene rings is 4. The molecule has 1 N–H and O–H groups in total. The van der Waals surface area contributed by atoms with Crippen LogP contribution < -0.4 is 20.0 Å². The zero-order chi connectivity index (χ0) is 35.3. The molecule has 0 aliphatic heterocycles. The molecule has 262 valence electrons. The first kappa shape index (κ1) is 36.2. The standard InChI is InChI=1S/C20H17FN4S.C20H18N4S.ClH/c1-13-12-14(21)8-9-16(13)22-20-23-17-10-11-26-18(17)19(24-20)25(2)15-6-4-3-5-7-15;1-23(15-9-5-3-6-10-15)19-18-17(13-14-25-18)21-20(22-19)24(2)16-11-7-4-8-12-16;/h3-12H,1-2H3,(H,22,23,24);3-14H,1-2H3;1H. The van der Waals surface area contributed by atoms with Gasteiger partial charge in [0, 0.05) is 43.9 Å². The van der Waals surface area contributed by atoms with Crippen molar-refractivity contribution in [3.8, 4) is 0 Å². The highest BCUT2D eigenvalue weighted by Crippen LogP contribution is 2.36. The van der Waals surface area contributed by atoms with E-state index in [0.717, 1.165) is 60.4 Å². The van der Waals surface area contributed by atoms with E-state index >= 15 is 0 Å². The molecule has 0 spiro atoms. The smallest absolute Gasteiger partial charge is 0.232 e. The van der Waals surface area contributed by atoms with Gasteiger partial charge in [0.1, 0.15) is 5.82 Å². The van der Waals surface area contributed by atoms with Crippen molar-refractivity contribution in [3.63, 3.8) is 0 Å². The van der Waals surface area contributed by atoms with E-state index in [9.17, 15) is 4.39 Å². The number of aromatic nitrogens is 4. The number of para-hydroxylation sites is 3. The van der Waals surface area contributed by atoms with Crippen LogP contribution >= 0.6 is 35.1 Å². The third-order valence-electron chi connectivity index (χ3n) is 8.36. The minimum atomic E-state index is -0.258. The molecule has 0 bridgehead atoms. The Morgan fingerprint density at radius 1 is 0.558 bits per heavy atom. The highest BCUT2D eigenvalue weighted by atomic mass is 35.5. The van der Waals surface area contributed by atoms with E-state index in [1.807, 2.05) is 122 Å². The van der Waals surface area contributed by atoms with Gasteiger partial charge in [-0.25, -0.2) is 14.4 Å². The highest BCUT2D eigenvalue weighted by Gasteiger charge is 2.18. The number of hydrogen-bond donors (Lipinski definition) is 1. The zero-order valence-corrected chi connectivity index (χ0v) is 31.4. The van der Waals surface area contributed by atoms with Gasteiger partial charge in [-0.05, 0) is 90.0 Å². The number of anilines is 8. The first-order valence-corrected chi connectivity index (χ1v) is 18.0. The molecule has 0 unspecified atom stereocenters. The second kappa shape index (κ2) is 16.2. The van der Waals surface area contributed by atoms with Gasteiger partial charge in [-0.3, -0.25) is 0 Å². The van der Waals surface area contributed by atoms with Crippen LogP contribution in [0.2, 0.25) is 0 Å². The van der Waals surface area contributed by atoms with E-state index in [4.69, 9.17) is 15.0 Å². The molecule has 0 saturated heterocycles. The van der Waals surface area contributed by atoms with Crippen LogP contribution in [-0.2, 0) is 0 Å². The van der Waals surface area contributed by atoms with Gasteiger partial charge in [0.25, 0.3) is 0 Å². The molecule has 0 saturated carbocycles. The number of rotatable bonds is 8. The van der Waals surface area contributed by atoms with E-state index in [2.05, 4.69) is 44.8 Å². The van der Waals surface area contributed by atoms with Crippen molar-refractivity contribution < 1.29 is 4.39 Å². The van der Waals surface area contributed by atoms with Gasteiger partial charge in [-0.2, -0.15) is 9.97 Å². The predicted molar refractivity (Wildman–Crippen MR) is 220 cm³/mol. The summed E-state index contributed by atoms with van der Waals surface area (Å²) in [4.78, 5) is 25.1. The van der Waals surface area contributed by atoms with E-state index in [1.165, 1.54) is 12.1 Å². The number of fused-ring (bicyclic) bond motifs is 2. The van der Waals surface area contributed by atoms with Crippen molar-refractivity contribution in [1.29, 1.82) is 0 Å². The number of thiophene rings is 2. The summed E-state index contributed by atoms with van der Waals surface area (Å²) < 4.78 is 15.5. The summed E-state index contributed by atoms with van der Waals surface area (Å²) in [6, 6.07) is 39.1. The van der Waals surface area contributed by atoms with Crippen LogP contribution in [-0.4, -0.2) is 41.1 Å². The number of nitrogens with one attached hydrogen (secondary N) is 1. The van der Waals surface area contributed by atoms with Crippen molar-refractivity contribution in [2.75, 3.05) is 41.2 Å². The Labute approximate surface area is 316 Å². The predicted octanol–water partition coefficient (Wildman–Crippen LogP) is 11.3. The number of nitrogens with zero attached hydrogens (tertiary/aromatic N) is 7. The monoisotopic (exact) mass is 746 g/mol. The van der Waals surface area contributed by atoms with Crippen LogP contribution in [0.3, 0.4) is 0 Å². The van der Waals surface area contributed by atoms with E-state index < -0.39 is 0 Å². The largest absolute Gasteiger partial charge is 0.328 e. The van der Waals surface area contributed by atoms with Gasteiger partial charge in [-0.1, -0.05) is 54.6 Å². The van der Waals surface area contributed by atoms with Gasteiger partial charge in [0.15, 0.2) is 11.6 Å². The Kier molecular flexibility index (Phi) is 11.2. The Balaban J connectivity index is 0.000000175. The number of halogens is 2. The lowest BCUT2D eigenvalue weighted by Crippen LogP contribution is -2.17. The molecule has 4 aromatic heterocycles. The molecule has 0 aliphatic rings. The molecule has 8 rings (SSSR count). The Morgan fingerprint density at radius 2 is 1.04 bits per heavy atom. The van der Waals surface area contributed by atoms with Gasteiger partial charge in [0.2, 0.25) is 11.9 Å². The quantitative estimate of drug-likeness (QED) is 0.165. The Bertz CT molecular complexity index is 2390. The third-order valence-corrected chi connectivity index (χ3v) is 10.2. The third kappa shape index (κ3) is 7.81. The first-order valence-electron chi connectivity index (χ1n) is 16.3. The fourth-order valence-corrected chi connectivity index (χ4v) is 7.26. The summed E-state index contributed by atoms with van der Waals surface area (Å²) in [6.45, 7) is 1.85. The summed E-state index contributed by atoms with van der Waals surface area (Å²) in [5.41, 5.74) is 6.64. The SMILES string of the molecule is CN(c1ccccc1)c1nc(N(C)c2ccccc2)c2sccc2n1.Cc1cc(F)ccc1Nc1nc(N(C)c2ccccc2)c2sccc2n1.Cl. The van der Waals surface area contributed by atoms with Gasteiger partial charge < -0.3 is 20.0 Å². The lowest BCUT2D eigenvalue weighted by Gasteiger charge is -2.22. The van der Waals surface area contributed by atoms with Crippen molar-refractivity contribution in [1.82, 2.24) is 19.9 Å². The summed E-state index contributed by atoms with van der Waals surface area (Å²) in [6.07, 6.45) is 0. The van der Waals surface area contributed by atoms with Crippen molar-refractivity contribution >= 4 is 102 Å². The molecule has 12 heteroatoms. The van der Waals surface area contributed by atoms with Crippen molar-refractivity contribution in [3.05, 3.63) is 143 Å². The van der Waals surface area contributed by atoms with Crippen LogP contribution in [0.5, 0.6) is 0 Å². The van der Waals surface area contributed by atoms with Crippen LogP contribution in [0.25, 0.3) is 20.4 Å². The van der Waals surface area contributed by atoms with Crippen LogP contribution in [0.15, 0.2) is 132 Å². The second-order valence-corrected chi connectivity index (χ2v) is 13.6. The Hall–Kier alpha value is -5.62. The van der Waals surface area contributed by atoms with Gasteiger partial charge in [-0.15, -0.1) is 35.1 Å². The van der Waals surface area contributed by atoms with E-state index in [-0.39, 0.29) is 18.2 Å². The lowest BCUT2D eigenvalue weighted by atomic mass is 10.2. The molecule has 0 aliphatic carbocycles. The normalized spacial score (nSPS) is 10.6. The van der Waals surface area contributed by atoms with E-state index in [0.29, 0.717) is 11.9 Å². The average Bonchev–Trinajstić information content (AvgIpc) is 3.86. The molecule has 0 amide bonds. The summed E-state index contributed by atoms with van der Waals surface area (Å²) in [5, 5.41) is 7.29. The van der Waals surface area contributed by atoms with Crippen molar-refractivity contribution in [2.24, 2.45) is 0 Å². The molecular formula is C40H36ClFN8S2. The van der Waals surface area contributed by atoms with Crippen LogP contribution in [0.1, 0.15) is 5.56 Å². The maximum atomic E-state index is 13.3. The lowest BCUT2D eigenvalue weighted by molar-refractivity contribution is 0.627. The molecule has 0 atom stereocenters. The summed E-state index contributed by atoms with van der Waals surface area (Å²) in [7, 11) is 6.03. The molecule has 0 fully saturated rings. The topological polar surface area (TPSA) is 73.3 Å². The fraction of sp³-hybridized carbons (Fsp3) is 0.100. The maximum Gasteiger partial charge on any atom is 0.232 e. The highest BCUT2D eigenvalue weighted by molar-refractivity contribution is 7.18. The number of hydrogen-bond acceptors (Lipinski definition) is 10. The Morgan fingerprint density at radius 3 is 1.56 bits per heavy atom. The maximum absolute atomic E-state index is 13.3. The summed E-state index contributed by atoms with van der Waals surface area (Å²) >= 11 is 3.28. The van der Waals surface area contributed by atoms with Crippen LogP contribution in [0.4, 0.5) is 50.7 Å². The average molecular weight is 747 g/mol. The van der Waals surface area contributed by atoms with E-state index in [1.54, 1.807) is 28.7 Å². The molecule has 52 heavy (non-hydrogen) atoms. The second-order valence-electron chi connectivity index (χ2n) is 11.8. The molecule has 0 radical (unpaired) electrons. The molecule has 4 aromatic carbocycles. The zero-order valence-electron chi connectivity index (χ0n) is 28.9. The molecule has 4 heterocycles. The van der Waals surface area contributed by atoms with Gasteiger partial charge in [0.05, 0.1) is 20.4 Å². The molecular weight excluding hydrogens is 711 g/mol. The fourth-order valence-electron chi connectivity index (χ4n) is 5.55. The molecule has 8 nitrogen and oxygen atoms in total. The van der Waals surface area contributed by atoms with Gasteiger partial charge >= 0.3 is 0 Å². The van der Waals surface area contributed by atoms with Crippen LogP contribution in [0, 0.1) is 12.7 Å². The first-order chi connectivity index (χ1) is 24.9. The summed E-state index contributed by atoms with van der Waals surface area (Å²) in [5.74, 6) is 2.67. The van der Waals surface area contributed by atoms with Crippen molar-refractivity contribution in [2.45, 2.75) is 6.92 Å². The molecule has 8 aromatic rings.